The summed E-state index contributed by atoms with van der Waals surface area (Å²) in [5.74, 6) is 0.209. The zero-order valence-corrected chi connectivity index (χ0v) is 14.8. The Balaban J connectivity index is 2.24. The Morgan fingerprint density at radius 1 is 1.25 bits per heavy atom. The predicted molar refractivity (Wildman–Crippen MR) is 91.8 cm³/mol. The number of carbonyl (C=O) groups excluding carboxylic acids is 1. The monoisotopic (exact) mass is 351 g/mol. The van der Waals surface area contributed by atoms with E-state index >= 15 is 0 Å². The predicted octanol–water partition coefficient (Wildman–Crippen LogP) is 1.97. The van der Waals surface area contributed by atoms with Gasteiger partial charge in [0, 0.05) is 31.0 Å². The lowest BCUT2D eigenvalue weighted by Crippen LogP contribution is -2.29. The highest BCUT2D eigenvalue weighted by Crippen LogP contribution is 2.19. The van der Waals surface area contributed by atoms with E-state index in [-0.39, 0.29) is 16.6 Å². The smallest absolute Gasteiger partial charge is 0.272 e. The molecule has 8 heteroatoms. The van der Waals surface area contributed by atoms with E-state index in [0.717, 1.165) is 0 Å². The summed E-state index contributed by atoms with van der Waals surface area (Å²) in [6.45, 7) is 3.47. The number of benzene rings is 1. The van der Waals surface area contributed by atoms with Crippen molar-refractivity contribution in [2.45, 2.75) is 24.8 Å². The molecule has 2 rings (SSSR count). The van der Waals surface area contributed by atoms with E-state index in [4.69, 9.17) is 4.74 Å². The molecule has 1 aromatic heterocycles. The van der Waals surface area contributed by atoms with Gasteiger partial charge < -0.3 is 14.6 Å². The van der Waals surface area contributed by atoms with E-state index in [1.54, 1.807) is 45.2 Å². The molecule has 1 amide bonds. The number of hydrogen-bond donors (Lipinski definition) is 2. The minimum absolute atomic E-state index is 0.0505. The maximum Gasteiger partial charge on any atom is 0.272 e. The molecule has 0 saturated carbocycles. The van der Waals surface area contributed by atoms with Gasteiger partial charge in [-0.2, -0.15) is 0 Å². The van der Waals surface area contributed by atoms with Crippen molar-refractivity contribution in [2.75, 3.05) is 12.4 Å². The molecule has 0 spiro atoms. The molecule has 0 fully saturated rings. The Kier molecular flexibility index (Phi) is 5.30. The van der Waals surface area contributed by atoms with Crippen molar-refractivity contribution < 1.29 is 17.9 Å². The van der Waals surface area contributed by atoms with Gasteiger partial charge in [-0.1, -0.05) is 6.07 Å². The van der Waals surface area contributed by atoms with E-state index in [1.165, 1.54) is 23.9 Å². The minimum Gasteiger partial charge on any atom is -0.497 e. The van der Waals surface area contributed by atoms with E-state index in [2.05, 4.69) is 10.0 Å². The second-order valence-electron chi connectivity index (χ2n) is 5.63. The van der Waals surface area contributed by atoms with Gasteiger partial charge in [-0.3, -0.25) is 4.79 Å². The second-order valence-corrected chi connectivity index (χ2v) is 7.35. The fourth-order valence-electron chi connectivity index (χ4n) is 2.18. The van der Waals surface area contributed by atoms with Crippen LogP contribution in [-0.2, 0) is 17.1 Å². The molecule has 0 atom stereocenters. The summed E-state index contributed by atoms with van der Waals surface area (Å²) < 4.78 is 33.5. The largest absolute Gasteiger partial charge is 0.497 e. The Hall–Kier alpha value is -2.32. The minimum atomic E-state index is -3.65. The van der Waals surface area contributed by atoms with Crippen molar-refractivity contribution in [2.24, 2.45) is 7.05 Å². The van der Waals surface area contributed by atoms with Crippen LogP contribution < -0.4 is 14.8 Å². The summed E-state index contributed by atoms with van der Waals surface area (Å²) in [6.07, 6.45) is 1.41. The normalized spacial score (nSPS) is 11.5. The van der Waals surface area contributed by atoms with Crippen LogP contribution in [0.3, 0.4) is 0 Å². The molecule has 1 heterocycles. The number of ether oxygens (including phenoxy) is 1. The number of methoxy groups -OCH3 is 1. The van der Waals surface area contributed by atoms with Crippen molar-refractivity contribution in [1.29, 1.82) is 0 Å². The summed E-state index contributed by atoms with van der Waals surface area (Å²) >= 11 is 0. The third-order valence-corrected chi connectivity index (χ3v) is 4.87. The van der Waals surface area contributed by atoms with Crippen molar-refractivity contribution in [3.63, 3.8) is 0 Å². The summed E-state index contributed by atoms with van der Waals surface area (Å²) in [4.78, 5) is 12.5. The SMILES string of the molecule is COc1cccc(NC(=O)c2cc(S(=O)(=O)NC(C)C)cn2C)c1. The maximum atomic E-state index is 12.4. The summed E-state index contributed by atoms with van der Waals surface area (Å²) in [6, 6.07) is 8.03. The van der Waals surface area contributed by atoms with Gasteiger partial charge in [-0.25, -0.2) is 13.1 Å². The highest BCUT2D eigenvalue weighted by atomic mass is 32.2. The Labute approximate surface area is 141 Å². The third-order valence-electron chi connectivity index (χ3n) is 3.24. The van der Waals surface area contributed by atoms with Crippen molar-refractivity contribution in [1.82, 2.24) is 9.29 Å². The van der Waals surface area contributed by atoms with Gasteiger partial charge >= 0.3 is 0 Å². The first-order valence-corrected chi connectivity index (χ1v) is 8.85. The van der Waals surface area contributed by atoms with Gasteiger partial charge in [-0.15, -0.1) is 0 Å². The zero-order chi connectivity index (χ0) is 17.9. The van der Waals surface area contributed by atoms with Crippen LogP contribution in [0.2, 0.25) is 0 Å². The lowest BCUT2D eigenvalue weighted by molar-refractivity contribution is 0.101. The highest BCUT2D eigenvalue weighted by Gasteiger charge is 2.21. The fraction of sp³-hybridized carbons (Fsp3) is 0.312. The van der Waals surface area contributed by atoms with E-state index in [0.29, 0.717) is 11.4 Å². The number of carbonyl (C=O) groups is 1. The molecule has 1 aromatic carbocycles. The molecule has 0 aliphatic carbocycles. The standard InChI is InChI=1S/C16H21N3O4S/c1-11(2)18-24(21,22)14-9-15(19(3)10-14)16(20)17-12-6-5-7-13(8-12)23-4/h5-11,18H,1-4H3,(H,17,20). The number of nitrogens with zero attached hydrogens (tertiary/aromatic N) is 1. The molecule has 0 saturated heterocycles. The Morgan fingerprint density at radius 2 is 1.96 bits per heavy atom. The van der Waals surface area contributed by atoms with Crippen molar-refractivity contribution in [3.8, 4) is 5.75 Å². The maximum absolute atomic E-state index is 12.4. The van der Waals surface area contributed by atoms with Crippen LogP contribution in [0.1, 0.15) is 24.3 Å². The quantitative estimate of drug-likeness (QED) is 0.833. The van der Waals surface area contributed by atoms with E-state index in [1.807, 2.05) is 0 Å². The van der Waals surface area contributed by atoms with Gasteiger partial charge in [0.15, 0.2) is 0 Å². The number of anilines is 1. The third kappa shape index (κ3) is 4.15. The number of hydrogen-bond acceptors (Lipinski definition) is 4. The molecule has 0 aliphatic heterocycles. The Morgan fingerprint density at radius 3 is 2.58 bits per heavy atom. The topological polar surface area (TPSA) is 89.4 Å². The molecular formula is C16H21N3O4S. The van der Waals surface area contributed by atoms with Gasteiger partial charge in [-0.05, 0) is 32.0 Å². The number of aromatic nitrogens is 1. The second kappa shape index (κ2) is 7.06. The lowest BCUT2D eigenvalue weighted by Gasteiger charge is -2.07. The highest BCUT2D eigenvalue weighted by molar-refractivity contribution is 7.89. The lowest BCUT2D eigenvalue weighted by atomic mass is 10.3. The number of rotatable bonds is 6. The van der Waals surface area contributed by atoms with Crippen LogP contribution in [-0.4, -0.2) is 32.0 Å². The fourth-order valence-corrected chi connectivity index (χ4v) is 3.50. The van der Waals surface area contributed by atoms with Gasteiger partial charge in [0.25, 0.3) is 5.91 Å². The first-order chi connectivity index (χ1) is 11.2. The average Bonchev–Trinajstić information content (AvgIpc) is 2.89. The van der Waals surface area contributed by atoms with Crippen LogP contribution in [0.4, 0.5) is 5.69 Å². The zero-order valence-electron chi connectivity index (χ0n) is 14.0. The average molecular weight is 351 g/mol. The summed E-state index contributed by atoms with van der Waals surface area (Å²) in [5.41, 5.74) is 0.798. The van der Waals surface area contributed by atoms with Crippen molar-refractivity contribution >= 4 is 21.6 Å². The summed E-state index contributed by atoms with van der Waals surface area (Å²) in [7, 11) is -0.490. The van der Waals surface area contributed by atoms with Crippen LogP contribution in [0.5, 0.6) is 5.75 Å². The Bertz CT molecular complexity index is 841. The van der Waals surface area contributed by atoms with Gasteiger partial charge in [0.05, 0.1) is 7.11 Å². The molecule has 130 valence electrons. The molecule has 0 bridgehead atoms. The van der Waals surface area contributed by atoms with Crippen LogP contribution in [0.25, 0.3) is 0 Å². The van der Waals surface area contributed by atoms with Crippen LogP contribution >= 0.6 is 0 Å². The first-order valence-electron chi connectivity index (χ1n) is 7.37. The molecule has 0 unspecified atom stereocenters. The molecule has 2 N–H and O–H groups in total. The molecule has 24 heavy (non-hydrogen) atoms. The number of sulfonamides is 1. The summed E-state index contributed by atoms with van der Waals surface area (Å²) in [5, 5.41) is 2.72. The van der Waals surface area contributed by atoms with Gasteiger partial charge in [0.2, 0.25) is 10.0 Å². The van der Waals surface area contributed by atoms with Crippen LogP contribution in [0, 0.1) is 0 Å². The van der Waals surface area contributed by atoms with E-state index in [9.17, 15) is 13.2 Å². The molecule has 0 radical (unpaired) electrons. The number of amides is 1. The number of aryl methyl sites for hydroxylation is 1. The molecule has 0 aliphatic rings. The van der Waals surface area contributed by atoms with E-state index < -0.39 is 15.9 Å². The van der Waals surface area contributed by atoms with Crippen LogP contribution in [0.15, 0.2) is 41.4 Å². The van der Waals surface area contributed by atoms with Crippen molar-refractivity contribution in [3.05, 3.63) is 42.2 Å². The molecule has 7 nitrogen and oxygen atoms in total. The molecule has 2 aromatic rings. The molecular weight excluding hydrogens is 330 g/mol. The number of nitrogens with one attached hydrogen (secondary N) is 2. The first kappa shape index (κ1) is 18.0. The van der Waals surface area contributed by atoms with Gasteiger partial charge in [0.1, 0.15) is 16.3 Å².